The van der Waals surface area contributed by atoms with Gasteiger partial charge in [-0.05, 0) is 24.3 Å². The fourth-order valence-corrected chi connectivity index (χ4v) is 2.42. The van der Waals surface area contributed by atoms with E-state index in [4.69, 9.17) is 0 Å². The van der Waals surface area contributed by atoms with Gasteiger partial charge in [0.05, 0.1) is 28.9 Å². The Kier molecular flexibility index (Phi) is 1.73. The van der Waals surface area contributed by atoms with Crippen LogP contribution in [-0.4, -0.2) is 12.7 Å². The van der Waals surface area contributed by atoms with Crippen molar-refractivity contribution in [3.05, 3.63) is 48.5 Å². The van der Waals surface area contributed by atoms with E-state index in [9.17, 15) is 0 Å². The lowest BCUT2D eigenvalue weighted by atomic mass is 10.1. The van der Waals surface area contributed by atoms with Crippen molar-refractivity contribution in [2.45, 2.75) is 6.17 Å². The average Bonchev–Trinajstić information content (AvgIpc) is 3.20. The normalized spacial score (nSPS) is 20.2. The van der Waals surface area contributed by atoms with E-state index in [2.05, 4.69) is 64.1 Å². The first-order chi connectivity index (χ1) is 8.43. The van der Waals surface area contributed by atoms with Crippen molar-refractivity contribution in [2.75, 3.05) is 16.8 Å². The van der Waals surface area contributed by atoms with Gasteiger partial charge in [0.1, 0.15) is 0 Å². The van der Waals surface area contributed by atoms with Crippen LogP contribution in [0.5, 0.6) is 0 Å². The molecule has 1 fully saturated rings. The quantitative estimate of drug-likeness (QED) is 0.730. The molecule has 2 aliphatic heterocycles. The minimum absolute atomic E-state index is 0.444. The second-order valence-electron chi connectivity index (χ2n) is 4.45. The Hall–Kier alpha value is -2.00. The van der Waals surface area contributed by atoms with Crippen molar-refractivity contribution in [1.29, 1.82) is 0 Å². The fraction of sp³-hybridized carbons (Fsp3) is 0.143. The molecule has 0 radical (unpaired) electrons. The molecule has 2 heterocycles. The predicted octanol–water partition coefficient (Wildman–Crippen LogP) is 2.81. The smallest absolute Gasteiger partial charge is 0.0974 e. The molecule has 3 nitrogen and oxygen atoms in total. The van der Waals surface area contributed by atoms with E-state index >= 15 is 0 Å². The summed E-state index contributed by atoms with van der Waals surface area (Å²) in [6.07, 6.45) is 0.444. The Morgan fingerprint density at radius 3 is 1.94 bits per heavy atom. The van der Waals surface area contributed by atoms with Gasteiger partial charge in [-0.2, -0.15) is 0 Å². The number of rotatable bonds is 1. The molecule has 1 unspecified atom stereocenters. The number of nitrogens with zero attached hydrogens (tertiary/aromatic N) is 1. The summed E-state index contributed by atoms with van der Waals surface area (Å²) in [7, 11) is 0. The lowest BCUT2D eigenvalue weighted by molar-refractivity contribution is 0.940. The first-order valence-electron chi connectivity index (χ1n) is 5.91. The minimum Gasteiger partial charge on any atom is -0.352 e. The molecule has 2 aromatic carbocycles. The predicted molar refractivity (Wildman–Crippen MR) is 70.1 cm³/mol. The monoisotopic (exact) mass is 223 g/mol. The van der Waals surface area contributed by atoms with Crippen LogP contribution in [0, 0.1) is 0 Å². The van der Waals surface area contributed by atoms with Crippen molar-refractivity contribution < 1.29 is 0 Å². The van der Waals surface area contributed by atoms with Crippen LogP contribution in [0.2, 0.25) is 0 Å². The third-order valence-corrected chi connectivity index (χ3v) is 3.29. The molecule has 17 heavy (non-hydrogen) atoms. The molecule has 0 aliphatic carbocycles. The summed E-state index contributed by atoms with van der Waals surface area (Å²) in [5, 5.41) is 6.87. The van der Waals surface area contributed by atoms with Crippen LogP contribution in [0.25, 0.3) is 0 Å². The Bertz CT molecular complexity index is 530. The number of hydrogen-bond donors (Lipinski definition) is 2. The van der Waals surface area contributed by atoms with E-state index in [-0.39, 0.29) is 0 Å². The van der Waals surface area contributed by atoms with Gasteiger partial charge in [-0.15, -0.1) is 0 Å². The van der Waals surface area contributed by atoms with Gasteiger partial charge in [-0.1, -0.05) is 24.3 Å². The summed E-state index contributed by atoms with van der Waals surface area (Å²) in [6.45, 7) is 1.06. The Morgan fingerprint density at radius 2 is 1.41 bits per heavy atom. The lowest BCUT2D eigenvalue weighted by Crippen LogP contribution is -2.27. The van der Waals surface area contributed by atoms with Crippen LogP contribution in [0.1, 0.15) is 0 Å². The van der Waals surface area contributed by atoms with Crippen molar-refractivity contribution >= 4 is 22.7 Å². The van der Waals surface area contributed by atoms with Gasteiger partial charge in [0.25, 0.3) is 0 Å². The van der Waals surface area contributed by atoms with E-state index < -0.39 is 0 Å². The summed E-state index contributed by atoms with van der Waals surface area (Å²) in [6, 6.07) is 16.9. The maximum atomic E-state index is 3.48. The molecule has 2 N–H and O–H groups in total. The third-order valence-electron chi connectivity index (χ3n) is 3.29. The van der Waals surface area contributed by atoms with E-state index in [1.165, 1.54) is 22.7 Å². The first-order valence-corrected chi connectivity index (χ1v) is 5.91. The highest BCUT2D eigenvalue weighted by atomic mass is 15.4. The number of hydrogen-bond acceptors (Lipinski definition) is 3. The molecule has 3 heteroatoms. The molecular formula is C14H13N3. The van der Waals surface area contributed by atoms with Crippen molar-refractivity contribution in [1.82, 2.24) is 5.32 Å². The Labute approximate surface area is 100 Å². The SMILES string of the molecule is c1ccc2c(c1)Nc1ccccc1N2C1CN1. The molecular weight excluding hydrogens is 210 g/mol. The van der Waals surface area contributed by atoms with Crippen LogP contribution < -0.4 is 15.5 Å². The van der Waals surface area contributed by atoms with Gasteiger partial charge in [-0.3, -0.25) is 5.32 Å². The molecule has 1 atom stereocenters. The molecule has 0 spiro atoms. The summed E-state index contributed by atoms with van der Waals surface area (Å²) in [5.74, 6) is 0. The second kappa shape index (κ2) is 3.25. The van der Waals surface area contributed by atoms with E-state index in [0.717, 1.165) is 6.54 Å². The molecule has 0 aromatic heterocycles. The molecule has 0 bridgehead atoms. The minimum atomic E-state index is 0.444. The van der Waals surface area contributed by atoms with Gasteiger partial charge in [-0.25, -0.2) is 0 Å². The zero-order valence-corrected chi connectivity index (χ0v) is 9.35. The van der Waals surface area contributed by atoms with Gasteiger partial charge < -0.3 is 10.2 Å². The zero-order chi connectivity index (χ0) is 11.2. The second-order valence-corrected chi connectivity index (χ2v) is 4.45. The fourth-order valence-electron chi connectivity index (χ4n) is 2.42. The van der Waals surface area contributed by atoms with Gasteiger partial charge in [0.15, 0.2) is 0 Å². The van der Waals surface area contributed by atoms with Crippen molar-refractivity contribution in [3.8, 4) is 0 Å². The summed E-state index contributed by atoms with van der Waals surface area (Å²) in [5.41, 5.74) is 4.86. The maximum absolute atomic E-state index is 3.48. The van der Waals surface area contributed by atoms with Crippen LogP contribution in [0.15, 0.2) is 48.5 Å². The average molecular weight is 223 g/mol. The number of nitrogens with one attached hydrogen (secondary N) is 2. The molecule has 1 saturated heterocycles. The topological polar surface area (TPSA) is 37.2 Å². The molecule has 2 aliphatic rings. The highest BCUT2D eigenvalue weighted by Crippen LogP contribution is 2.45. The molecule has 0 amide bonds. The first kappa shape index (κ1) is 9.07. The van der Waals surface area contributed by atoms with E-state index in [1.807, 2.05) is 0 Å². The maximum Gasteiger partial charge on any atom is 0.0974 e. The van der Waals surface area contributed by atoms with Gasteiger partial charge in [0, 0.05) is 6.54 Å². The molecule has 2 aromatic rings. The lowest BCUT2D eigenvalue weighted by Gasteiger charge is -2.33. The molecule has 4 rings (SSSR count). The number of benzene rings is 2. The molecule has 0 saturated carbocycles. The number of fused-ring (bicyclic) bond motifs is 2. The Morgan fingerprint density at radius 1 is 0.882 bits per heavy atom. The summed E-state index contributed by atoms with van der Waals surface area (Å²) >= 11 is 0. The highest BCUT2D eigenvalue weighted by molar-refractivity contribution is 5.92. The number of anilines is 4. The van der Waals surface area contributed by atoms with E-state index in [0.29, 0.717) is 6.17 Å². The standard InChI is InChI=1S/C14H13N3/c1-3-7-12-10(5-1)16-11-6-2-4-8-13(11)17(12)14-9-15-14/h1-8,14-16H,9H2. The van der Waals surface area contributed by atoms with E-state index in [1.54, 1.807) is 0 Å². The number of para-hydroxylation sites is 4. The van der Waals surface area contributed by atoms with Crippen LogP contribution >= 0.6 is 0 Å². The zero-order valence-electron chi connectivity index (χ0n) is 9.35. The van der Waals surface area contributed by atoms with Gasteiger partial charge >= 0.3 is 0 Å². The van der Waals surface area contributed by atoms with Crippen LogP contribution in [0.4, 0.5) is 22.7 Å². The van der Waals surface area contributed by atoms with Crippen molar-refractivity contribution in [3.63, 3.8) is 0 Å². The van der Waals surface area contributed by atoms with Crippen LogP contribution in [0.3, 0.4) is 0 Å². The van der Waals surface area contributed by atoms with Gasteiger partial charge in [0.2, 0.25) is 0 Å². The molecule has 84 valence electrons. The van der Waals surface area contributed by atoms with Crippen molar-refractivity contribution in [2.24, 2.45) is 0 Å². The Balaban J connectivity index is 1.93. The van der Waals surface area contributed by atoms with Crippen LogP contribution in [-0.2, 0) is 0 Å². The largest absolute Gasteiger partial charge is 0.352 e. The third kappa shape index (κ3) is 1.33. The highest BCUT2D eigenvalue weighted by Gasteiger charge is 2.34. The summed E-state index contributed by atoms with van der Waals surface area (Å²) in [4.78, 5) is 2.38. The summed E-state index contributed by atoms with van der Waals surface area (Å²) < 4.78 is 0.